The van der Waals surface area contributed by atoms with Crippen molar-refractivity contribution < 1.29 is 4.74 Å². The fourth-order valence-corrected chi connectivity index (χ4v) is 0.488. The lowest BCUT2D eigenvalue weighted by atomic mass is 10.6. The Morgan fingerprint density at radius 3 is 2.00 bits per heavy atom. The SMILES string of the molecule is CC1(Cl)OC1Cl. The number of rotatable bonds is 0. The van der Waals surface area contributed by atoms with E-state index in [1.54, 1.807) is 6.92 Å². The van der Waals surface area contributed by atoms with E-state index in [0.29, 0.717) is 0 Å². The maximum Gasteiger partial charge on any atom is 0.181 e. The van der Waals surface area contributed by atoms with Gasteiger partial charge in [-0.15, -0.1) is 0 Å². The highest BCUT2D eigenvalue weighted by Gasteiger charge is 2.49. The summed E-state index contributed by atoms with van der Waals surface area (Å²) in [6, 6.07) is 0. The van der Waals surface area contributed by atoms with Crippen molar-refractivity contribution in [2.24, 2.45) is 0 Å². The van der Waals surface area contributed by atoms with Crippen LogP contribution < -0.4 is 0 Å². The Hall–Kier alpha value is 0.540. The van der Waals surface area contributed by atoms with Gasteiger partial charge in [0.25, 0.3) is 0 Å². The van der Waals surface area contributed by atoms with Gasteiger partial charge in [0.2, 0.25) is 0 Å². The van der Waals surface area contributed by atoms with Gasteiger partial charge in [0, 0.05) is 0 Å². The summed E-state index contributed by atoms with van der Waals surface area (Å²) >= 11 is 10.8. The van der Waals surface area contributed by atoms with Crippen LogP contribution in [0.4, 0.5) is 0 Å². The van der Waals surface area contributed by atoms with Gasteiger partial charge in [-0.3, -0.25) is 0 Å². The molecule has 1 heterocycles. The van der Waals surface area contributed by atoms with Crippen LogP contribution in [0.3, 0.4) is 0 Å². The van der Waals surface area contributed by atoms with E-state index in [0.717, 1.165) is 0 Å². The zero-order chi connectivity index (χ0) is 4.78. The van der Waals surface area contributed by atoms with Crippen molar-refractivity contribution in [1.82, 2.24) is 0 Å². The molecule has 2 atom stereocenters. The number of halogens is 2. The van der Waals surface area contributed by atoms with E-state index in [-0.39, 0.29) is 5.56 Å². The summed E-state index contributed by atoms with van der Waals surface area (Å²) in [4.78, 5) is 0. The molecule has 2 unspecified atom stereocenters. The smallest absolute Gasteiger partial charge is 0.181 e. The monoisotopic (exact) mass is 126 g/mol. The van der Waals surface area contributed by atoms with Gasteiger partial charge in [-0.05, 0) is 6.92 Å². The van der Waals surface area contributed by atoms with Crippen molar-refractivity contribution in [3.63, 3.8) is 0 Å². The van der Waals surface area contributed by atoms with Crippen LogP contribution in [-0.2, 0) is 4.74 Å². The molecular formula is C3H4Cl2O. The molecule has 0 spiro atoms. The number of alkyl halides is 2. The molecule has 0 aromatic carbocycles. The first-order chi connectivity index (χ1) is 2.63. The second-order valence-corrected chi connectivity index (χ2v) is 2.57. The number of hydrogen-bond acceptors (Lipinski definition) is 1. The Labute approximate surface area is 46.2 Å². The van der Waals surface area contributed by atoms with E-state index in [1.165, 1.54) is 0 Å². The average molecular weight is 127 g/mol. The summed E-state index contributed by atoms with van der Waals surface area (Å²) < 4.78 is 4.64. The normalized spacial score (nSPS) is 55.5. The maximum atomic E-state index is 5.44. The molecule has 0 radical (unpaired) electrons. The molecule has 1 aliphatic rings. The van der Waals surface area contributed by atoms with Gasteiger partial charge in [-0.2, -0.15) is 0 Å². The molecule has 0 N–H and O–H groups in total. The zero-order valence-corrected chi connectivity index (χ0v) is 4.75. The standard InChI is InChI=1S/C3H4Cl2O/c1-3(5)2(4)6-3/h2H,1H3. The molecule has 0 aliphatic carbocycles. The number of hydrogen-bond donors (Lipinski definition) is 0. The summed E-state index contributed by atoms with van der Waals surface area (Å²) in [6.45, 7) is 1.73. The van der Waals surface area contributed by atoms with Crippen LogP contribution in [0, 0.1) is 0 Å². The first-order valence-corrected chi connectivity index (χ1v) is 2.45. The third-order valence-electron chi connectivity index (χ3n) is 0.682. The van der Waals surface area contributed by atoms with Crippen molar-refractivity contribution >= 4 is 23.2 Å². The van der Waals surface area contributed by atoms with Crippen LogP contribution in [0.5, 0.6) is 0 Å². The minimum atomic E-state index is -0.554. The summed E-state index contributed by atoms with van der Waals surface area (Å²) in [6.07, 6.45) is 0. The Balaban J connectivity index is 2.41. The van der Waals surface area contributed by atoms with Crippen LogP contribution in [-0.4, -0.2) is 10.6 Å². The molecule has 0 aromatic rings. The van der Waals surface area contributed by atoms with Gasteiger partial charge >= 0.3 is 0 Å². The Morgan fingerprint density at radius 2 is 2.00 bits per heavy atom. The lowest BCUT2D eigenvalue weighted by molar-refractivity contribution is 0.387. The summed E-state index contributed by atoms with van der Waals surface area (Å²) in [5.74, 6) is 0. The Morgan fingerprint density at radius 1 is 1.83 bits per heavy atom. The third kappa shape index (κ3) is 0.625. The lowest BCUT2D eigenvalue weighted by Crippen LogP contribution is -1.90. The van der Waals surface area contributed by atoms with Gasteiger partial charge < -0.3 is 4.74 Å². The molecule has 36 valence electrons. The second kappa shape index (κ2) is 1.03. The van der Waals surface area contributed by atoms with Gasteiger partial charge in [0.1, 0.15) is 0 Å². The highest BCUT2D eigenvalue weighted by molar-refractivity contribution is 6.34. The molecule has 1 aliphatic heterocycles. The summed E-state index contributed by atoms with van der Waals surface area (Å²) in [5, 5.41) is -0.554. The molecule has 0 aromatic heterocycles. The molecule has 0 saturated carbocycles. The topological polar surface area (TPSA) is 12.5 Å². The van der Waals surface area contributed by atoms with Crippen molar-refractivity contribution in [2.75, 3.05) is 0 Å². The second-order valence-electron chi connectivity index (χ2n) is 1.42. The maximum absolute atomic E-state index is 5.44. The molecule has 1 fully saturated rings. The number of ether oxygens (including phenoxy) is 1. The largest absolute Gasteiger partial charge is 0.333 e. The highest BCUT2D eigenvalue weighted by atomic mass is 35.5. The molecule has 1 rings (SSSR count). The van der Waals surface area contributed by atoms with E-state index < -0.39 is 5.06 Å². The van der Waals surface area contributed by atoms with Gasteiger partial charge in [0.15, 0.2) is 10.6 Å². The lowest BCUT2D eigenvalue weighted by Gasteiger charge is -1.79. The van der Waals surface area contributed by atoms with E-state index in [2.05, 4.69) is 4.74 Å². The van der Waals surface area contributed by atoms with Crippen LogP contribution in [0.15, 0.2) is 0 Å². The fraction of sp³-hybridized carbons (Fsp3) is 1.00. The minimum Gasteiger partial charge on any atom is -0.333 e. The minimum absolute atomic E-state index is 0.265. The van der Waals surface area contributed by atoms with E-state index in [9.17, 15) is 0 Å². The summed E-state index contributed by atoms with van der Waals surface area (Å²) in [7, 11) is 0. The predicted octanol–water partition coefficient (Wildman–Crippen LogP) is 1.54. The van der Waals surface area contributed by atoms with Crippen molar-refractivity contribution in [3.05, 3.63) is 0 Å². The molecule has 6 heavy (non-hydrogen) atoms. The molecule has 1 nitrogen and oxygen atoms in total. The van der Waals surface area contributed by atoms with Crippen molar-refractivity contribution in [1.29, 1.82) is 0 Å². The summed E-state index contributed by atoms with van der Waals surface area (Å²) in [5.41, 5.74) is -0.265. The van der Waals surface area contributed by atoms with Gasteiger partial charge in [-0.1, -0.05) is 23.2 Å². The highest BCUT2D eigenvalue weighted by Crippen LogP contribution is 2.42. The van der Waals surface area contributed by atoms with E-state index in [1.807, 2.05) is 0 Å². The fourth-order valence-electron chi connectivity index (χ4n) is 0.168. The van der Waals surface area contributed by atoms with Crippen LogP contribution >= 0.6 is 23.2 Å². The van der Waals surface area contributed by atoms with Crippen molar-refractivity contribution in [2.45, 2.75) is 17.5 Å². The first-order valence-electron chi connectivity index (χ1n) is 1.64. The molecule has 3 heteroatoms. The average Bonchev–Trinajstić information content (AvgIpc) is 1.73. The van der Waals surface area contributed by atoms with Crippen molar-refractivity contribution in [3.8, 4) is 0 Å². The third-order valence-corrected chi connectivity index (χ3v) is 1.59. The predicted molar refractivity (Wildman–Crippen MR) is 25.0 cm³/mol. The van der Waals surface area contributed by atoms with Crippen LogP contribution in [0.1, 0.15) is 6.92 Å². The quantitative estimate of drug-likeness (QED) is 0.355. The van der Waals surface area contributed by atoms with Gasteiger partial charge in [0.05, 0.1) is 0 Å². The van der Waals surface area contributed by atoms with Crippen LogP contribution in [0.2, 0.25) is 0 Å². The molecular weight excluding hydrogens is 123 g/mol. The molecule has 0 bridgehead atoms. The van der Waals surface area contributed by atoms with E-state index in [4.69, 9.17) is 23.2 Å². The van der Waals surface area contributed by atoms with Gasteiger partial charge in [-0.25, -0.2) is 0 Å². The zero-order valence-electron chi connectivity index (χ0n) is 3.24. The van der Waals surface area contributed by atoms with E-state index >= 15 is 0 Å². The first kappa shape index (κ1) is 4.69. The number of epoxide rings is 1. The Kier molecular flexibility index (Phi) is 0.804. The molecule has 1 saturated heterocycles. The molecule has 0 amide bonds. The Bertz CT molecular complexity index is 71.2. The van der Waals surface area contributed by atoms with Crippen LogP contribution in [0.25, 0.3) is 0 Å².